The zero-order valence-corrected chi connectivity index (χ0v) is 18.0. The number of hydrogen-bond acceptors (Lipinski definition) is 3. The van der Waals surface area contributed by atoms with Crippen molar-refractivity contribution in [1.82, 2.24) is 4.90 Å². The number of likely N-dealkylation sites (tertiary alicyclic amines) is 1. The quantitative estimate of drug-likeness (QED) is 0.790. The topological polar surface area (TPSA) is 55.6 Å². The van der Waals surface area contributed by atoms with Gasteiger partial charge in [-0.05, 0) is 48.6 Å². The van der Waals surface area contributed by atoms with E-state index in [1.54, 1.807) is 0 Å². The second kappa shape index (κ2) is 9.48. The molecule has 2 atom stereocenters. The van der Waals surface area contributed by atoms with E-state index in [0.29, 0.717) is 50.7 Å². The van der Waals surface area contributed by atoms with Gasteiger partial charge >= 0.3 is 0 Å². The number of nitrogens with zero attached hydrogens (tertiary/aromatic N) is 1. The molecule has 0 aromatic heterocycles. The van der Waals surface area contributed by atoms with Crippen molar-refractivity contribution in [2.24, 2.45) is 11.7 Å². The molecule has 0 aliphatic carbocycles. The van der Waals surface area contributed by atoms with Crippen LogP contribution in [0.4, 0.5) is 0 Å². The Balaban J connectivity index is 0.00000240. The van der Waals surface area contributed by atoms with Crippen LogP contribution in [0.2, 0.25) is 5.02 Å². The molecule has 2 aliphatic rings. The zero-order chi connectivity index (χ0) is 19.6. The summed E-state index contributed by atoms with van der Waals surface area (Å²) in [6.07, 6.45) is 1.37. The van der Waals surface area contributed by atoms with Gasteiger partial charge in [-0.3, -0.25) is 4.79 Å². The van der Waals surface area contributed by atoms with Crippen LogP contribution in [0.25, 0.3) is 0 Å². The molecule has 0 bridgehead atoms. The van der Waals surface area contributed by atoms with Crippen LogP contribution < -0.4 is 5.73 Å². The van der Waals surface area contributed by atoms with Crippen molar-refractivity contribution in [2.75, 3.05) is 32.8 Å². The number of ether oxygens (including phenoxy) is 1. The third-order valence-corrected chi connectivity index (χ3v) is 6.63. The molecule has 0 saturated carbocycles. The van der Waals surface area contributed by atoms with Crippen molar-refractivity contribution in [2.45, 2.75) is 24.2 Å². The first-order chi connectivity index (χ1) is 13.6. The van der Waals surface area contributed by atoms with E-state index in [9.17, 15) is 4.79 Å². The van der Waals surface area contributed by atoms with Gasteiger partial charge in [-0.1, -0.05) is 54.1 Å². The number of hydrogen-bond donors (Lipinski definition) is 1. The number of nitrogens with two attached hydrogens (primary N) is 1. The Kier molecular flexibility index (Phi) is 7.23. The fourth-order valence-electron chi connectivity index (χ4n) is 4.79. The standard InChI is InChI=1S/C23H27ClN2O2.ClH/c24-20-8-4-7-19(13-20)23(9-11-28-12-10-23)22(27)26-15-18(14-25)21(16-26)17-5-2-1-3-6-17;/h1-8,13,18,21H,9-12,14-16,25H2;1H/t18-,21+;/m1./s1. The third kappa shape index (κ3) is 4.31. The van der Waals surface area contributed by atoms with Crippen LogP contribution in [0.5, 0.6) is 0 Å². The van der Waals surface area contributed by atoms with Gasteiger partial charge < -0.3 is 15.4 Å². The summed E-state index contributed by atoms with van der Waals surface area (Å²) in [7, 11) is 0. The fourth-order valence-corrected chi connectivity index (χ4v) is 4.98. The molecule has 29 heavy (non-hydrogen) atoms. The highest BCUT2D eigenvalue weighted by Crippen LogP contribution is 2.41. The molecule has 2 fully saturated rings. The lowest BCUT2D eigenvalue weighted by Crippen LogP contribution is -2.49. The SMILES string of the molecule is Cl.NC[C@@H]1CN(C(=O)C2(c3cccc(Cl)c3)CCOCC2)C[C@H]1c1ccccc1. The van der Waals surface area contributed by atoms with Crippen molar-refractivity contribution >= 4 is 29.9 Å². The van der Waals surface area contributed by atoms with Gasteiger partial charge in [0.1, 0.15) is 0 Å². The Bertz CT molecular complexity index is 825. The van der Waals surface area contributed by atoms with Crippen LogP contribution in [-0.2, 0) is 14.9 Å². The molecule has 156 valence electrons. The molecule has 0 spiro atoms. The van der Waals surface area contributed by atoms with Crippen LogP contribution in [-0.4, -0.2) is 43.7 Å². The summed E-state index contributed by atoms with van der Waals surface area (Å²) >= 11 is 6.27. The molecular weight excluding hydrogens is 407 g/mol. The first kappa shape index (κ1) is 22.1. The van der Waals surface area contributed by atoms with Crippen LogP contribution in [0.15, 0.2) is 54.6 Å². The molecule has 0 radical (unpaired) electrons. The molecule has 2 aromatic carbocycles. The number of amides is 1. The van der Waals surface area contributed by atoms with Gasteiger partial charge in [-0.25, -0.2) is 0 Å². The van der Waals surface area contributed by atoms with Crippen molar-refractivity contribution in [3.63, 3.8) is 0 Å². The molecule has 2 heterocycles. The second-order valence-corrected chi connectivity index (χ2v) is 8.36. The van der Waals surface area contributed by atoms with Crippen molar-refractivity contribution in [1.29, 1.82) is 0 Å². The van der Waals surface area contributed by atoms with Crippen molar-refractivity contribution < 1.29 is 9.53 Å². The Morgan fingerprint density at radius 2 is 1.83 bits per heavy atom. The summed E-state index contributed by atoms with van der Waals surface area (Å²) < 4.78 is 5.60. The number of rotatable bonds is 4. The Morgan fingerprint density at radius 1 is 1.10 bits per heavy atom. The molecule has 2 saturated heterocycles. The first-order valence-corrected chi connectivity index (χ1v) is 10.4. The number of carbonyl (C=O) groups is 1. The van der Waals surface area contributed by atoms with E-state index in [0.717, 1.165) is 5.56 Å². The smallest absolute Gasteiger partial charge is 0.233 e. The van der Waals surface area contributed by atoms with Gasteiger partial charge in [0.05, 0.1) is 5.41 Å². The molecule has 2 N–H and O–H groups in total. The predicted octanol–water partition coefficient (Wildman–Crippen LogP) is 4.01. The highest BCUT2D eigenvalue weighted by Gasteiger charge is 2.47. The van der Waals surface area contributed by atoms with Gasteiger partial charge in [-0.15, -0.1) is 12.4 Å². The summed E-state index contributed by atoms with van der Waals surface area (Å²) in [5.74, 6) is 0.754. The van der Waals surface area contributed by atoms with Crippen LogP contribution >= 0.6 is 24.0 Å². The van der Waals surface area contributed by atoms with Crippen molar-refractivity contribution in [3.05, 3.63) is 70.7 Å². The summed E-state index contributed by atoms with van der Waals surface area (Å²) in [5.41, 5.74) is 7.79. The summed E-state index contributed by atoms with van der Waals surface area (Å²) in [6, 6.07) is 18.2. The number of halogens is 2. The van der Waals surface area contributed by atoms with E-state index in [2.05, 4.69) is 24.3 Å². The maximum absolute atomic E-state index is 13.9. The lowest BCUT2D eigenvalue weighted by atomic mass is 9.73. The predicted molar refractivity (Wildman–Crippen MR) is 119 cm³/mol. The highest BCUT2D eigenvalue weighted by molar-refractivity contribution is 6.30. The number of benzene rings is 2. The summed E-state index contributed by atoms with van der Waals surface area (Å²) in [5, 5.41) is 0.666. The van der Waals surface area contributed by atoms with Gasteiger partial charge in [0.2, 0.25) is 5.91 Å². The molecule has 4 rings (SSSR count). The maximum atomic E-state index is 13.9. The zero-order valence-electron chi connectivity index (χ0n) is 16.4. The summed E-state index contributed by atoms with van der Waals surface area (Å²) in [4.78, 5) is 15.9. The van der Waals surface area contributed by atoms with E-state index in [1.165, 1.54) is 5.56 Å². The van der Waals surface area contributed by atoms with E-state index >= 15 is 0 Å². The molecule has 6 heteroatoms. The van der Waals surface area contributed by atoms with Crippen molar-refractivity contribution in [3.8, 4) is 0 Å². The highest BCUT2D eigenvalue weighted by atomic mass is 35.5. The Hall–Kier alpha value is -1.59. The largest absolute Gasteiger partial charge is 0.381 e. The lowest BCUT2D eigenvalue weighted by molar-refractivity contribution is -0.140. The average molecular weight is 435 g/mol. The average Bonchev–Trinajstić information content (AvgIpc) is 3.19. The van der Waals surface area contributed by atoms with Gasteiger partial charge in [-0.2, -0.15) is 0 Å². The van der Waals surface area contributed by atoms with E-state index in [4.69, 9.17) is 22.1 Å². The monoisotopic (exact) mass is 434 g/mol. The fraction of sp³-hybridized carbons (Fsp3) is 0.435. The number of carbonyl (C=O) groups excluding carboxylic acids is 1. The van der Waals surface area contributed by atoms with E-state index in [-0.39, 0.29) is 30.2 Å². The molecular formula is C23H28Cl2N2O2. The Morgan fingerprint density at radius 3 is 2.48 bits per heavy atom. The van der Waals surface area contributed by atoms with Gasteiger partial charge in [0.15, 0.2) is 0 Å². The minimum absolute atomic E-state index is 0. The van der Waals surface area contributed by atoms with Crippen LogP contribution in [0.3, 0.4) is 0 Å². The molecule has 4 nitrogen and oxygen atoms in total. The van der Waals surface area contributed by atoms with Crippen LogP contribution in [0.1, 0.15) is 29.9 Å². The maximum Gasteiger partial charge on any atom is 0.233 e. The minimum Gasteiger partial charge on any atom is -0.381 e. The molecule has 2 aromatic rings. The second-order valence-electron chi connectivity index (χ2n) is 7.93. The lowest BCUT2D eigenvalue weighted by Gasteiger charge is -2.39. The first-order valence-electron chi connectivity index (χ1n) is 10.0. The molecule has 2 aliphatic heterocycles. The molecule has 0 unspecified atom stereocenters. The van der Waals surface area contributed by atoms with E-state index < -0.39 is 5.41 Å². The minimum atomic E-state index is -0.562. The van der Waals surface area contributed by atoms with Gasteiger partial charge in [0, 0.05) is 37.2 Å². The van der Waals surface area contributed by atoms with E-state index in [1.807, 2.05) is 35.2 Å². The van der Waals surface area contributed by atoms with Crippen LogP contribution in [0, 0.1) is 5.92 Å². The normalized spacial score (nSPS) is 23.4. The molecule has 1 amide bonds. The Labute approximate surface area is 183 Å². The third-order valence-electron chi connectivity index (χ3n) is 6.39. The van der Waals surface area contributed by atoms with Gasteiger partial charge in [0.25, 0.3) is 0 Å². The summed E-state index contributed by atoms with van der Waals surface area (Å²) in [6.45, 7) is 3.19.